The van der Waals surface area contributed by atoms with E-state index in [0.29, 0.717) is 22.1 Å². The fourth-order valence-electron chi connectivity index (χ4n) is 1.71. The van der Waals surface area contributed by atoms with Crippen LogP contribution in [-0.2, 0) is 0 Å². The van der Waals surface area contributed by atoms with Crippen molar-refractivity contribution in [3.63, 3.8) is 0 Å². The lowest BCUT2D eigenvalue weighted by molar-refractivity contribution is 0.628. The molecule has 19 heavy (non-hydrogen) atoms. The highest BCUT2D eigenvalue weighted by molar-refractivity contribution is 9.10. The van der Waals surface area contributed by atoms with Crippen LogP contribution in [0, 0.1) is 5.82 Å². The number of hydrogen-bond acceptors (Lipinski definition) is 2. The zero-order chi connectivity index (χ0) is 13.6. The van der Waals surface area contributed by atoms with E-state index in [1.807, 2.05) is 0 Å². The molecular formula is C12H5BrCl2FN3. The maximum atomic E-state index is 13.5. The van der Waals surface area contributed by atoms with Gasteiger partial charge in [-0.25, -0.2) is 14.4 Å². The van der Waals surface area contributed by atoms with Crippen molar-refractivity contribution < 1.29 is 4.39 Å². The normalized spacial score (nSPS) is 11.2. The second-order valence-corrected chi connectivity index (χ2v) is 5.58. The van der Waals surface area contributed by atoms with Gasteiger partial charge in [-0.3, -0.25) is 4.40 Å². The summed E-state index contributed by atoms with van der Waals surface area (Å²) in [5.74, 6) is -0.0307. The van der Waals surface area contributed by atoms with Crippen LogP contribution in [0.2, 0.25) is 10.0 Å². The second-order valence-electron chi connectivity index (χ2n) is 3.85. The number of halogens is 4. The van der Waals surface area contributed by atoms with Gasteiger partial charge in [-0.15, -0.1) is 0 Å². The molecule has 2 aromatic heterocycles. The zero-order valence-electron chi connectivity index (χ0n) is 9.24. The lowest BCUT2D eigenvalue weighted by atomic mass is 10.1. The van der Waals surface area contributed by atoms with E-state index < -0.39 is 5.82 Å². The van der Waals surface area contributed by atoms with Crippen LogP contribution < -0.4 is 0 Å². The smallest absolute Gasteiger partial charge is 0.234 e. The van der Waals surface area contributed by atoms with Gasteiger partial charge in [0.1, 0.15) is 5.82 Å². The Morgan fingerprint density at radius 2 is 1.95 bits per heavy atom. The van der Waals surface area contributed by atoms with E-state index in [-0.39, 0.29) is 5.02 Å². The molecule has 0 aliphatic carbocycles. The van der Waals surface area contributed by atoms with Crippen molar-refractivity contribution >= 4 is 44.9 Å². The number of benzene rings is 1. The molecule has 0 fully saturated rings. The van der Waals surface area contributed by atoms with E-state index in [9.17, 15) is 4.39 Å². The largest absolute Gasteiger partial charge is 0.289 e. The van der Waals surface area contributed by atoms with Gasteiger partial charge in [-0.1, -0.05) is 23.2 Å². The molecule has 3 nitrogen and oxygen atoms in total. The van der Waals surface area contributed by atoms with Gasteiger partial charge in [-0.05, 0) is 28.1 Å². The molecule has 3 rings (SSSR count). The minimum absolute atomic E-state index is 0.0154. The van der Waals surface area contributed by atoms with Gasteiger partial charge in [0.2, 0.25) is 5.78 Å². The number of imidazole rings is 1. The first-order valence-electron chi connectivity index (χ1n) is 5.20. The molecular weight excluding hydrogens is 356 g/mol. The summed E-state index contributed by atoms with van der Waals surface area (Å²) >= 11 is 15.1. The Kier molecular flexibility index (Phi) is 3.20. The molecule has 0 bridgehead atoms. The Morgan fingerprint density at radius 3 is 2.74 bits per heavy atom. The average Bonchev–Trinajstić information content (AvgIpc) is 2.76. The van der Waals surface area contributed by atoms with Crippen molar-refractivity contribution in [1.82, 2.24) is 14.4 Å². The molecule has 0 amide bonds. The molecule has 7 heteroatoms. The molecule has 96 valence electrons. The third-order valence-electron chi connectivity index (χ3n) is 2.56. The number of rotatable bonds is 1. The fraction of sp³-hybridized carbons (Fsp3) is 0. The lowest BCUT2D eigenvalue weighted by Gasteiger charge is -2.02. The topological polar surface area (TPSA) is 30.2 Å². The Morgan fingerprint density at radius 1 is 1.16 bits per heavy atom. The van der Waals surface area contributed by atoms with Crippen LogP contribution in [0.3, 0.4) is 0 Å². The monoisotopic (exact) mass is 359 g/mol. The van der Waals surface area contributed by atoms with E-state index in [4.69, 9.17) is 23.2 Å². The summed E-state index contributed by atoms with van der Waals surface area (Å²) in [5, 5.41) is 0.326. The third kappa shape index (κ3) is 2.33. The molecule has 0 N–H and O–H groups in total. The summed E-state index contributed by atoms with van der Waals surface area (Å²) in [5.41, 5.74) is 1.01. The van der Waals surface area contributed by atoms with Crippen LogP contribution in [0.25, 0.3) is 17.0 Å². The Hall–Kier alpha value is -1.17. The first-order valence-corrected chi connectivity index (χ1v) is 6.74. The van der Waals surface area contributed by atoms with Crippen molar-refractivity contribution in [3.8, 4) is 11.3 Å². The molecule has 0 saturated heterocycles. The van der Waals surface area contributed by atoms with Gasteiger partial charge in [-0.2, -0.15) is 0 Å². The molecule has 3 aromatic rings. The van der Waals surface area contributed by atoms with E-state index in [0.717, 1.165) is 4.47 Å². The molecule has 0 radical (unpaired) electrons. The standard InChI is InChI=1S/C12H5BrCl2FN3/c13-6-3-17-12-18-11(5-19(12)4-6)7-1-10(16)9(15)2-8(7)14/h1-5H. The van der Waals surface area contributed by atoms with Crippen LogP contribution in [0.4, 0.5) is 4.39 Å². The Balaban J connectivity index is 2.21. The summed E-state index contributed by atoms with van der Waals surface area (Å²) in [6.07, 6.45) is 5.16. The van der Waals surface area contributed by atoms with Crippen molar-refractivity contribution in [2.45, 2.75) is 0 Å². The highest BCUT2D eigenvalue weighted by Crippen LogP contribution is 2.31. The molecule has 0 unspecified atom stereocenters. The van der Waals surface area contributed by atoms with E-state index in [1.54, 1.807) is 23.0 Å². The van der Waals surface area contributed by atoms with Gasteiger partial charge >= 0.3 is 0 Å². The summed E-state index contributed by atoms with van der Waals surface area (Å²) < 4.78 is 16.1. The number of fused-ring (bicyclic) bond motifs is 1. The lowest BCUT2D eigenvalue weighted by Crippen LogP contribution is -1.85. The Labute approximate surface area is 126 Å². The third-order valence-corrected chi connectivity index (χ3v) is 3.58. The highest BCUT2D eigenvalue weighted by Gasteiger charge is 2.12. The van der Waals surface area contributed by atoms with Crippen LogP contribution in [-0.4, -0.2) is 14.4 Å². The number of hydrogen-bond donors (Lipinski definition) is 0. The predicted molar refractivity (Wildman–Crippen MR) is 76.1 cm³/mol. The van der Waals surface area contributed by atoms with Gasteiger partial charge in [0.25, 0.3) is 0 Å². The van der Waals surface area contributed by atoms with Crippen molar-refractivity contribution in [1.29, 1.82) is 0 Å². The van der Waals surface area contributed by atoms with Gasteiger partial charge in [0.15, 0.2) is 0 Å². The maximum Gasteiger partial charge on any atom is 0.234 e. The first kappa shape index (κ1) is 12.8. The van der Waals surface area contributed by atoms with Gasteiger partial charge in [0.05, 0.1) is 20.2 Å². The maximum absolute atomic E-state index is 13.5. The molecule has 0 aliphatic heterocycles. The molecule has 0 saturated carbocycles. The zero-order valence-corrected chi connectivity index (χ0v) is 12.3. The van der Waals surface area contributed by atoms with E-state index >= 15 is 0 Å². The van der Waals surface area contributed by atoms with Crippen molar-refractivity contribution in [2.75, 3.05) is 0 Å². The SMILES string of the molecule is Fc1cc(-c2cn3cc(Br)cnc3n2)c(Cl)cc1Cl. The summed E-state index contributed by atoms with van der Waals surface area (Å²) in [7, 11) is 0. The minimum atomic E-state index is -0.535. The quantitative estimate of drug-likeness (QED) is 0.593. The highest BCUT2D eigenvalue weighted by atomic mass is 79.9. The average molecular weight is 361 g/mol. The van der Waals surface area contributed by atoms with Gasteiger partial charge < -0.3 is 0 Å². The van der Waals surface area contributed by atoms with Crippen molar-refractivity contribution in [3.05, 3.63) is 51.1 Å². The van der Waals surface area contributed by atoms with E-state index in [1.165, 1.54) is 12.1 Å². The molecule has 0 aliphatic rings. The van der Waals surface area contributed by atoms with E-state index in [2.05, 4.69) is 25.9 Å². The molecule has 0 spiro atoms. The van der Waals surface area contributed by atoms with Gasteiger partial charge in [0, 0.05) is 24.2 Å². The molecule has 1 aromatic carbocycles. The minimum Gasteiger partial charge on any atom is -0.289 e. The van der Waals surface area contributed by atoms with Crippen LogP contribution in [0.5, 0.6) is 0 Å². The first-order chi connectivity index (χ1) is 9.04. The van der Waals surface area contributed by atoms with Crippen LogP contribution in [0.1, 0.15) is 0 Å². The van der Waals surface area contributed by atoms with Crippen LogP contribution >= 0.6 is 39.1 Å². The van der Waals surface area contributed by atoms with Crippen LogP contribution in [0.15, 0.2) is 35.2 Å². The Bertz CT molecular complexity index is 788. The number of aromatic nitrogens is 3. The molecule has 0 atom stereocenters. The summed E-state index contributed by atoms with van der Waals surface area (Å²) in [6.45, 7) is 0. The summed E-state index contributed by atoms with van der Waals surface area (Å²) in [6, 6.07) is 2.63. The molecule has 2 heterocycles. The van der Waals surface area contributed by atoms with Crippen molar-refractivity contribution in [2.24, 2.45) is 0 Å². The second kappa shape index (κ2) is 4.74. The fourth-order valence-corrected chi connectivity index (χ4v) is 2.51. The predicted octanol–water partition coefficient (Wildman–Crippen LogP) is 4.60. The summed E-state index contributed by atoms with van der Waals surface area (Å²) in [4.78, 5) is 8.43. The number of nitrogens with zero attached hydrogens (tertiary/aromatic N) is 3.